The van der Waals surface area contributed by atoms with E-state index in [0.717, 1.165) is 12.3 Å². The molecule has 7 nitrogen and oxygen atoms in total. The van der Waals surface area contributed by atoms with Gasteiger partial charge in [0.25, 0.3) is 0 Å². The molecule has 1 aromatic heterocycles. The molecule has 31 heavy (non-hydrogen) atoms. The lowest BCUT2D eigenvalue weighted by molar-refractivity contribution is 0.143. The predicted octanol–water partition coefficient (Wildman–Crippen LogP) is 3.39. The molecule has 4 atom stereocenters. The lowest BCUT2D eigenvalue weighted by Crippen LogP contribution is -2.46. The van der Waals surface area contributed by atoms with Crippen molar-refractivity contribution in [2.24, 2.45) is 11.7 Å². The lowest BCUT2D eigenvalue weighted by atomic mass is 9.85. The topological polar surface area (TPSA) is 97.8 Å². The van der Waals surface area contributed by atoms with Gasteiger partial charge in [0.15, 0.2) is 5.75 Å². The first-order chi connectivity index (χ1) is 14.7. The number of nitrogens with zero attached hydrogens (tertiary/aromatic N) is 2. The Balaban J connectivity index is 1.70. The maximum absolute atomic E-state index is 15.3. The Bertz CT molecular complexity index is 1240. The first-order valence-electron chi connectivity index (χ1n) is 9.71. The average molecular weight is 450 g/mol. The highest BCUT2D eigenvalue weighted by Gasteiger charge is 2.44. The van der Waals surface area contributed by atoms with Crippen LogP contribution in [-0.2, 0) is 0 Å². The molecule has 1 saturated heterocycles. The summed E-state index contributed by atoms with van der Waals surface area (Å²) in [5, 5.41) is 8.68. The van der Waals surface area contributed by atoms with Crippen LogP contribution in [0.3, 0.4) is 0 Å². The molecule has 0 spiro atoms. The Labute approximate surface area is 179 Å². The third-order valence-corrected chi connectivity index (χ3v) is 6.49. The number of fused-ring (bicyclic) bond motifs is 2. The molecule has 0 radical (unpaired) electrons. The third kappa shape index (κ3) is 3.11. The van der Waals surface area contributed by atoms with Crippen LogP contribution in [0.15, 0.2) is 41.4 Å². The van der Waals surface area contributed by atoms with E-state index in [4.69, 9.17) is 22.4 Å². The van der Waals surface area contributed by atoms with Gasteiger partial charge < -0.3 is 25.0 Å². The number of nitrogens with two attached hydrogens (primary N) is 1. The summed E-state index contributed by atoms with van der Waals surface area (Å²) >= 11 is 6.63. The Morgan fingerprint density at radius 3 is 2.77 bits per heavy atom. The molecular weight excluding hydrogens is 432 g/mol. The standard InChI is InChI=1S/C21H18ClF2N3O4/c22-16-17-11(19(28)15(31-20(29)30)8-27(17)14-6-12(14)23)5-13(24)18(16)26-7-10-3-1-2-4-21(10,25)9-26/h1-5,8,10,12,14H,6-7,9,25H2,(H,29,30)/t10-,12+,14-,21-/m1/s1. The molecule has 0 bridgehead atoms. The van der Waals surface area contributed by atoms with Crippen molar-refractivity contribution >= 4 is 34.3 Å². The quantitative estimate of drug-likeness (QED) is 0.697. The average Bonchev–Trinajstić information content (AvgIpc) is 3.31. The van der Waals surface area contributed by atoms with Gasteiger partial charge in [0.2, 0.25) is 5.43 Å². The van der Waals surface area contributed by atoms with Gasteiger partial charge in [0.05, 0.1) is 39.4 Å². The summed E-state index contributed by atoms with van der Waals surface area (Å²) in [5.41, 5.74) is 5.17. The number of carbonyl (C=O) groups is 1. The van der Waals surface area contributed by atoms with Crippen LogP contribution in [0, 0.1) is 11.7 Å². The SMILES string of the molecule is N[C@@]12C=CC=C[C@@H]1CN(c1c(F)cc3c(=O)c(OC(=O)O)cn([C@@H]4C[C@@H]4F)c3c1Cl)C2. The fraction of sp³-hybridized carbons (Fsp3) is 0.333. The molecule has 0 amide bonds. The largest absolute Gasteiger partial charge is 0.511 e. The van der Waals surface area contributed by atoms with Crippen LogP contribution >= 0.6 is 11.6 Å². The van der Waals surface area contributed by atoms with Crippen molar-refractivity contribution in [3.8, 4) is 5.75 Å². The highest BCUT2D eigenvalue weighted by atomic mass is 35.5. The van der Waals surface area contributed by atoms with Crippen molar-refractivity contribution in [3.63, 3.8) is 0 Å². The molecule has 3 aliphatic rings. The van der Waals surface area contributed by atoms with Crippen LogP contribution in [-0.4, -0.2) is 40.6 Å². The first kappa shape index (κ1) is 20.0. The number of aromatic nitrogens is 1. The maximum Gasteiger partial charge on any atom is 0.511 e. The van der Waals surface area contributed by atoms with Crippen LogP contribution in [0.2, 0.25) is 5.02 Å². The molecule has 1 aliphatic heterocycles. The summed E-state index contributed by atoms with van der Waals surface area (Å²) in [7, 11) is 0. The summed E-state index contributed by atoms with van der Waals surface area (Å²) in [5.74, 6) is -1.34. The van der Waals surface area contributed by atoms with Crippen LogP contribution < -0.4 is 20.8 Å². The molecule has 2 heterocycles. The van der Waals surface area contributed by atoms with Crippen LogP contribution in [0.5, 0.6) is 5.75 Å². The van der Waals surface area contributed by atoms with Gasteiger partial charge in [-0.2, -0.15) is 0 Å². The number of allylic oxidation sites excluding steroid dienone is 2. The zero-order valence-corrected chi connectivity index (χ0v) is 16.9. The van der Waals surface area contributed by atoms with E-state index < -0.39 is 40.9 Å². The van der Waals surface area contributed by atoms with E-state index in [0.29, 0.717) is 13.1 Å². The Kier molecular flexibility index (Phi) is 4.39. The van der Waals surface area contributed by atoms with Crippen molar-refractivity contribution in [3.05, 3.63) is 57.6 Å². The van der Waals surface area contributed by atoms with E-state index >= 15 is 4.39 Å². The number of hydrogen-bond donors (Lipinski definition) is 2. The van der Waals surface area contributed by atoms with E-state index in [1.54, 1.807) is 4.90 Å². The zero-order valence-electron chi connectivity index (χ0n) is 16.1. The van der Waals surface area contributed by atoms with Crippen molar-refractivity contribution in [2.75, 3.05) is 18.0 Å². The predicted molar refractivity (Wildman–Crippen MR) is 111 cm³/mol. The van der Waals surface area contributed by atoms with E-state index in [2.05, 4.69) is 4.74 Å². The van der Waals surface area contributed by atoms with Gasteiger partial charge in [-0.05, 0) is 6.07 Å². The summed E-state index contributed by atoms with van der Waals surface area (Å²) in [6, 6.07) is 0.347. The van der Waals surface area contributed by atoms with E-state index in [1.807, 2.05) is 24.3 Å². The number of anilines is 1. The minimum atomic E-state index is -1.70. The fourth-order valence-corrected chi connectivity index (χ4v) is 4.91. The maximum atomic E-state index is 15.3. The van der Waals surface area contributed by atoms with Crippen molar-refractivity contribution in [1.29, 1.82) is 0 Å². The second kappa shape index (κ2) is 6.80. The second-order valence-corrected chi connectivity index (χ2v) is 8.56. The van der Waals surface area contributed by atoms with Gasteiger partial charge in [0, 0.05) is 25.4 Å². The number of halogens is 3. The van der Waals surface area contributed by atoms with Crippen LogP contribution in [0.1, 0.15) is 12.5 Å². The van der Waals surface area contributed by atoms with E-state index in [1.165, 1.54) is 4.57 Å². The van der Waals surface area contributed by atoms with Crippen LogP contribution in [0.25, 0.3) is 10.9 Å². The molecule has 1 saturated carbocycles. The number of ether oxygens (including phenoxy) is 1. The number of alkyl halides is 1. The van der Waals surface area contributed by atoms with E-state index in [-0.39, 0.29) is 34.0 Å². The molecule has 162 valence electrons. The van der Waals surface area contributed by atoms with Crippen molar-refractivity contribution in [1.82, 2.24) is 4.57 Å². The fourth-order valence-electron chi connectivity index (χ4n) is 4.50. The summed E-state index contributed by atoms with van der Waals surface area (Å²) in [6.45, 7) is 0.722. The number of benzene rings is 1. The number of hydrogen-bond acceptors (Lipinski definition) is 5. The van der Waals surface area contributed by atoms with Crippen molar-refractivity contribution in [2.45, 2.75) is 24.2 Å². The summed E-state index contributed by atoms with van der Waals surface area (Å²) in [4.78, 5) is 25.4. The normalized spacial score (nSPS) is 28.8. The molecule has 1 aromatic carbocycles. The number of carboxylic acid groups (broad SMARTS) is 1. The van der Waals surface area contributed by atoms with Crippen LogP contribution in [0.4, 0.5) is 19.3 Å². The first-order valence-corrected chi connectivity index (χ1v) is 10.1. The van der Waals surface area contributed by atoms with Gasteiger partial charge in [-0.3, -0.25) is 4.79 Å². The Morgan fingerprint density at radius 1 is 1.39 bits per heavy atom. The third-order valence-electron chi connectivity index (χ3n) is 6.14. The number of pyridine rings is 1. The Hall–Kier alpha value is -2.91. The molecule has 5 rings (SSSR count). The summed E-state index contributed by atoms with van der Waals surface area (Å²) < 4.78 is 35.1. The minimum Gasteiger partial charge on any atom is -0.449 e. The minimum absolute atomic E-state index is 0.0455. The van der Waals surface area contributed by atoms with Crippen molar-refractivity contribution < 1.29 is 23.4 Å². The highest BCUT2D eigenvalue weighted by Crippen LogP contribution is 2.46. The smallest absolute Gasteiger partial charge is 0.449 e. The molecule has 2 aliphatic carbocycles. The summed E-state index contributed by atoms with van der Waals surface area (Å²) in [6.07, 6.45) is 5.95. The molecule has 0 unspecified atom stereocenters. The molecule has 2 aromatic rings. The molecule has 2 fully saturated rings. The van der Waals surface area contributed by atoms with Gasteiger partial charge in [-0.15, -0.1) is 0 Å². The van der Waals surface area contributed by atoms with Gasteiger partial charge in [-0.1, -0.05) is 35.9 Å². The van der Waals surface area contributed by atoms with Gasteiger partial charge in [0.1, 0.15) is 12.0 Å². The van der Waals surface area contributed by atoms with Gasteiger partial charge >= 0.3 is 6.16 Å². The molecule has 10 heteroatoms. The molecule has 3 N–H and O–H groups in total. The van der Waals surface area contributed by atoms with Gasteiger partial charge in [-0.25, -0.2) is 13.6 Å². The molecular formula is C21H18ClF2N3O4. The van der Waals surface area contributed by atoms with E-state index in [9.17, 15) is 14.0 Å². The zero-order chi connectivity index (χ0) is 22.1. The number of rotatable bonds is 3. The Morgan fingerprint density at radius 2 is 2.13 bits per heavy atom. The second-order valence-electron chi connectivity index (χ2n) is 8.18. The monoisotopic (exact) mass is 449 g/mol. The lowest BCUT2D eigenvalue weighted by Gasteiger charge is -2.27. The highest BCUT2D eigenvalue weighted by molar-refractivity contribution is 6.38.